The summed E-state index contributed by atoms with van der Waals surface area (Å²) in [6, 6.07) is 6.58. The van der Waals surface area contributed by atoms with Gasteiger partial charge in [0.15, 0.2) is 11.6 Å². The number of piperazine rings is 1. The number of nitrogens with one attached hydrogen (secondary N) is 2. The molecule has 7 fully saturated rings. The Hall–Kier alpha value is -6.48. The summed E-state index contributed by atoms with van der Waals surface area (Å²) in [5.41, 5.74) is 3.91. The minimum Gasteiger partial charge on any atom is -0.508 e. The van der Waals surface area contributed by atoms with Gasteiger partial charge in [0.25, 0.3) is 0 Å². The van der Waals surface area contributed by atoms with Crippen molar-refractivity contribution in [2.75, 3.05) is 68.8 Å². The highest BCUT2D eigenvalue weighted by Crippen LogP contribution is 2.53. The summed E-state index contributed by atoms with van der Waals surface area (Å²) < 4.78 is 40.7. The molecule has 2 atom stereocenters. The molecule has 5 aliphatic heterocycles. The Labute approximate surface area is 423 Å². The van der Waals surface area contributed by atoms with E-state index in [4.69, 9.17) is 26.2 Å². The molecule has 13 rings (SSSR count). The third-order valence-corrected chi connectivity index (χ3v) is 17.8. The van der Waals surface area contributed by atoms with E-state index < -0.39 is 17.7 Å². The molecule has 378 valence electrons. The average molecular weight is 990 g/mol. The van der Waals surface area contributed by atoms with Crippen LogP contribution in [0.15, 0.2) is 48.2 Å². The van der Waals surface area contributed by atoms with Crippen LogP contribution in [0.1, 0.15) is 87.4 Å². The normalized spacial score (nSPS) is 24.1. The first-order valence-electron chi connectivity index (χ1n) is 26.4. The first-order valence-corrected chi connectivity index (χ1v) is 26.4. The van der Waals surface area contributed by atoms with Crippen molar-refractivity contribution in [1.29, 1.82) is 0 Å². The number of halogens is 2. The summed E-state index contributed by atoms with van der Waals surface area (Å²) in [4.78, 5) is 48.0. The van der Waals surface area contributed by atoms with Crippen LogP contribution in [0.25, 0.3) is 39.0 Å². The number of piperidine rings is 2. The molecule has 3 aliphatic carbocycles. The zero-order valence-electron chi connectivity index (χ0n) is 41.3. The predicted molar refractivity (Wildman–Crippen MR) is 274 cm³/mol. The second kappa shape index (κ2) is 17.9. The number of allylic oxidation sites excluding steroid dienone is 3. The molecule has 15 nitrogen and oxygen atoms in total. The van der Waals surface area contributed by atoms with E-state index in [1.807, 2.05) is 11.7 Å². The van der Waals surface area contributed by atoms with Gasteiger partial charge in [0.1, 0.15) is 28.6 Å². The van der Waals surface area contributed by atoms with Gasteiger partial charge in [-0.2, -0.15) is 15.1 Å². The third kappa shape index (κ3) is 8.39. The minimum absolute atomic E-state index is 0.0180. The van der Waals surface area contributed by atoms with Gasteiger partial charge in [-0.3, -0.25) is 24.7 Å². The number of likely N-dealkylation sites (tertiary alicyclic amines) is 2. The molecule has 17 heteroatoms. The molecule has 0 radical (unpaired) electrons. The SMILES string of the molecule is C#Cc1c(F)ccc2cc(O)cc(-c3ncc4c(N5CC6CCC(C5)N6)nc(OCC5(CN6CCC7(CC6)CC(N6CCC(C8=Cc9c(c(N%10CCC(=O)NC%10=O)nn9C)CC=C8)CC6)C7)CC5)nc4c3F)c12. The number of phenolic OH excluding ortho intramolecular Hbond substituents is 1. The molecule has 2 bridgehead atoms. The van der Waals surface area contributed by atoms with Crippen molar-refractivity contribution < 1.29 is 28.2 Å². The number of nitrogens with zero attached hydrogens (tertiary/aromatic N) is 9. The summed E-state index contributed by atoms with van der Waals surface area (Å²) in [6.45, 7) is 7.51. The number of hydrogen-bond acceptors (Lipinski definition) is 12. The molecule has 8 heterocycles. The maximum Gasteiger partial charge on any atom is 0.329 e. The van der Waals surface area contributed by atoms with Crippen molar-refractivity contribution in [2.45, 2.75) is 95.2 Å². The predicted octanol–water partition coefficient (Wildman–Crippen LogP) is 7.24. The van der Waals surface area contributed by atoms with Crippen molar-refractivity contribution >= 4 is 51.3 Å². The number of urea groups is 1. The summed E-state index contributed by atoms with van der Waals surface area (Å²) >= 11 is 0. The van der Waals surface area contributed by atoms with Gasteiger partial charge in [0, 0.05) is 85.9 Å². The first kappa shape index (κ1) is 46.3. The Morgan fingerprint density at radius 2 is 1.74 bits per heavy atom. The van der Waals surface area contributed by atoms with Crippen LogP contribution in [-0.4, -0.2) is 129 Å². The second-order valence-electron chi connectivity index (χ2n) is 22.5. The molecule has 2 saturated carbocycles. The van der Waals surface area contributed by atoms with E-state index in [1.165, 1.54) is 55.5 Å². The fourth-order valence-corrected chi connectivity index (χ4v) is 13.5. The molecule has 3 N–H and O–H groups in total. The number of fused-ring (bicyclic) bond motifs is 5. The van der Waals surface area contributed by atoms with E-state index in [0.717, 1.165) is 95.6 Å². The number of hydrogen-bond donors (Lipinski definition) is 3. The van der Waals surface area contributed by atoms with Crippen molar-refractivity contribution in [2.24, 2.45) is 23.8 Å². The number of phenols is 1. The largest absolute Gasteiger partial charge is 0.508 e. The first-order chi connectivity index (χ1) is 35.4. The van der Waals surface area contributed by atoms with E-state index in [9.17, 15) is 14.7 Å². The van der Waals surface area contributed by atoms with Crippen LogP contribution in [0.2, 0.25) is 0 Å². The molecule has 8 aliphatic rings. The van der Waals surface area contributed by atoms with Crippen molar-refractivity contribution in [3.8, 4) is 35.4 Å². The number of aromatic hydroxyl groups is 1. The highest BCUT2D eigenvalue weighted by Gasteiger charge is 2.51. The number of terminal acetylenes is 1. The van der Waals surface area contributed by atoms with Crippen LogP contribution < -0.4 is 25.2 Å². The Balaban J connectivity index is 0.650. The highest BCUT2D eigenvalue weighted by atomic mass is 19.1. The van der Waals surface area contributed by atoms with Crippen molar-refractivity contribution in [1.82, 2.24) is 45.2 Å². The highest BCUT2D eigenvalue weighted by molar-refractivity contribution is 6.06. The average Bonchev–Trinajstić information content (AvgIpc) is 4.04. The smallest absolute Gasteiger partial charge is 0.329 e. The monoisotopic (exact) mass is 989 g/mol. The molecule has 3 aromatic heterocycles. The standard InChI is InChI=1S/C56H61F2N11O4/c1-3-40-44(57)10-7-35-23-39(70)25-42(47(35)40)49-48(58)50-43(28-59-49)51(68-29-36-8-9-37(30-68)60-36)63-53(62-50)73-32-56(14-15-56)31-66-21-16-55(17-22-66)26-38(27-55)67-18-11-33(12-19-67)34-5-4-6-41-45(24-34)65(2)64-52(41)69-20-13-46(71)61-54(69)72/h1,4-5,7,10,23-25,28,33,36-38,60,70H,6,8-9,11-22,26-27,29-32H2,2H3,(H,61,71,72). The number of ether oxygens (including phenoxy) is 1. The summed E-state index contributed by atoms with van der Waals surface area (Å²) in [5, 5.41) is 22.8. The number of imide groups is 1. The number of aromatic nitrogens is 5. The van der Waals surface area contributed by atoms with Gasteiger partial charge in [-0.15, -0.1) is 6.42 Å². The fraction of sp³-hybridized carbons (Fsp3) is 0.500. The minimum atomic E-state index is -0.716. The fourth-order valence-electron chi connectivity index (χ4n) is 13.5. The third-order valence-electron chi connectivity index (χ3n) is 17.8. The molecule has 5 aromatic rings. The van der Waals surface area contributed by atoms with Crippen LogP contribution in [0.5, 0.6) is 11.8 Å². The maximum absolute atomic E-state index is 17.2. The topological polar surface area (TPSA) is 157 Å². The van der Waals surface area contributed by atoms with Gasteiger partial charge in [-0.25, -0.2) is 13.6 Å². The molecule has 5 saturated heterocycles. The van der Waals surface area contributed by atoms with Gasteiger partial charge in [0.2, 0.25) is 5.91 Å². The van der Waals surface area contributed by atoms with E-state index in [2.05, 4.69) is 54.5 Å². The lowest BCUT2D eigenvalue weighted by Crippen LogP contribution is -2.56. The lowest BCUT2D eigenvalue weighted by molar-refractivity contribution is -0.120. The molecular weight excluding hydrogens is 929 g/mol. The number of amides is 3. The Morgan fingerprint density at radius 1 is 0.959 bits per heavy atom. The lowest BCUT2D eigenvalue weighted by Gasteiger charge is -2.56. The molecule has 1 spiro atoms. The number of anilines is 2. The zero-order valence-corrected chi connectivity index (χ0v) is 41.3. The van der Waals surface area contributed by atoms with Gasteiger partial charge in [-0.05, 0) is 143 Å². The van der Waals surface area contributed by atoms with E-state index in [1.54, 1.807) is 11.1 Å². The van der Waals surface area contributed by atoms with Crippen molar-refractivity contribution in [3.05, 3.63) is 76.6 Å². The van der Waals surface area contributed by atoms with Crippen LogP contribution >= 0.6 is 0 Å². The maximum atomic E-state index is 17.2. The lowest BCUT2D eigenvalue weighted by atomic mass is 9.59. The van der Waals surface area contributed by atoms with Crippen LogP contribution in [0, 0.1) is 40.7 Å². The molecule has 2 unspecified atom stereocenters. The molecule has 2 aromatic carbocycles. The van der Waals surface area contributed by atoms with Gasteiger partial charge in [-0.1, -0.05) is 24.1 Å². The van der Waals surface area contributed by atoms with Gasteiger partial charge >= 0.3 is 12.0 Å². The number of carbonyl (C=O) groups is 2. The number of pyridine rings is 1. The Morgan fingerprint density at radius 3 is 2.48 bits per heavy atom. The van der Waals surface area contributed by atoms with Crippen LogP contribution in [0.4, 0.5) is 25.2 Å². The summed E-state index contributed by atoms with van der Waals surface area (Å²) in [5.74, 6) is 2.42. The number of benzene rings is 2. The second-order valence-corrected chi connectivity index (χ2v) is 22.5. The van der Waals surface area contributed by atoms with Crippen LogP contribution in [0.3, 0.4) is 0 Å². The van der Waals surface area contributed by atoms with Crippen LogP contribution in [-0.2, 0) is 18.3 Å². The summed E-state index contributed by atoms with van der Waals surface area (Å²) in [7, 11) is 1.94. The van der Waals surface area contributed by atoms with Crippen molar-refractivity contribution in [3.63, 3.8) is 0 Å². The number of aryl methyl sites for hydroxylation is 1. The van der Waals surface area contributed by atoms with Gasteiger partial charge < -0.3 is 29.9 Å². The Kier molecular flexibility index (Phi) is 11.3. The summed E-state index contributed by atoms with van der Waals surface area (Å²) in [6.07, 6.45) is 26.5. The zero-order chi connectivity index (χ0) is 49.8. The van der Waals surface area contributed by atoms with E-state index >= 15 is 8.78 Å². The van der Waals surface area contributed by atoms with Gasteiger partial charge in [0.05, 0.1) is 23.3 Å². The Bertz CT molecular complexity index is 3180. The molecule has 73 heavy (non-hydrogen) atoms. The van der Waals surface area contributed by atoms with E-state index in [-0.39, 0.29) is 51.8 Å². The molecular formula is C56H61F2N11O4. The molecule has 3 amide bonds. The van der Waals surface area contributed by atoms with E-state index in [0.29, 0.717) is 76.8 Å². The number of carbonyl (C=O) groups excluding carboxylic acids is 2. The number of rotatable bonds is 10. The quantitative estimate of drug-likeness (QED) is 0.121.